The highest BCUT2D eigenvalue weighted by atomic mass is 16.2. The molecule has 0 aliphatic carbocycles. The van der Waals surface area contributed by atoms with Gasteiger partial charge in [0.1, 0.15) is 0 Å². The van der Waals surface area contributed by atoms with Crippen molar-refractivity contribution in [3.05, 3.63) is 29.6 Å². The molecule has 0 saturated heterocycles. The molecule has 3 N–H and O–H groups in total. The van der Waals surface area contributed by atoms with Crippen LogP contribution in [0.3, 0.4) is 0 Å². The van der Waals surface area contributed by atoms with Gasteiger partial charge in [0.2, 0.25) is 5.91 Å². The zero-order chi connectivity index (χ0) is 16.6. The van der Waals surface area contributed by atoms with Gasteiger partial charge in [0.15, 0.2) is 5.96 Å². The maximum atomic E-state index is 11.8. The maximum absolute atomic E-state index is 11.8. The van der Waals surface area contributed by atoms with Gasteiger partial charge in [-0.05, 0) is 46.2 Å². The molecule has 0 saturated carbocycles. The molecule has 0 unspecified atom stereocenters. The Kier molecular flexibility index (Phi) is 6.82. The van der Waals surface area contributed by atoms with E-state index in [2.05, 4.69) is 25.9 Å². The highest BCUT2D eigenvalue weighted by Crippen LogP contribution is 2.04. The van der Waals surface area contributed by atoms with Gasteiger partial charge in [0.05, 0.1) is 18.8 Å². The number of hydrogen-bond donors (Lipinski definition) is 3. The van der Waals surface area contributed by atoms with E-state index in [1.165, 1.54) is 0 Å². The Balaban J connectivity index is 2.59. The Bertz CT molecular complexity index is 520. The van der Waals surface area contributed by atoms with Crippen LogP contribution < -0.4 is 16.0 Å². The smallest absolute Gasteiger partial charge is 0.239 e. The summed E-state index contributed by atoms with van der Waals surface area (Å²) in [7, 11) is 0. The molecule has 0 bridgehead atoms. The normalized spacial score (nSPS) is 12.0. The lowest BCUT2D eigenvalue weighted by Crippen LogP contribution is -2.48. The minimum Gasteiger partial charge on any atom is -0.357 e. The third-order valence-corrected chi connectivity index (χ3v) is 2.78. The van der Waals surface area contributed by atoms with Crippen LogP contribution in [0.5, 0.6) is 0 Å². The summed E-state index contributed by atoms with van der Waals surface area (Å²) in [6.07, 6.45) is 1.76. The molecular weight excluding hydrogens is 278 g/mol. The molecule has 1 amide bonds. The van der Waals surface area contributed by atoms with E-state index in [0.29, 0.717) is 12.5 Å². The fourth-order valence-electron chi connectivity index (χ4n) is 1.81. The van der Waals surface area contributed by atoms with E-state index < -0.39 is 0 Å². The molecule has 6 nitrogen and oxygen atoms in total. The highest BCUT2D eigenvalue weighted by molar-refractivity contribution is 5.86. The van der Waals surface area contributed by atoms with Crippen LogP contribution in [0.4, 0.5) is 0 Å². The number of rotatable bonds is 5. The largest absolute Gasteiger partial charge is 0.357 e. The molecular formula is C16H27N5O. The third kappa shape index (κ3) is 7.06. The molecule has 1 aromatic rings. The summed E-state index contributed by atoms with van der Waals surface area (Å²) >= 11 is 0. The molecule has 0 aliphatic heterocycles. The van der Waals surface area contributed by atoms with Crippen molar-refractivity contribution in [2.45, 2.75) is 46.7 Å². The summed E-state index contributed by atoms with van der Waals surface area (Å²) in [5, 5.41) is 9.06. The Hall–Kier alpha value is -2.11. The Morgan fingerprint density at radius 3 is 2.64 bits per heavy atom. The van der Waals surface area contributed by atoms with Gasteiger partial charge in [-0.2, -0.15) is 0 Å². The second kappa shape index (κ2) is 8.36. The van der Waals surface area contributed by atoms with E-state index in [9.17, 15) is 4.79 Å². The summed E-state index contributed by atoms with van der Waals surface area (Å²) in [6, 6.07) is 3.91. The van der Waals surface area contributed by atoms with E-state index in [-0.39, 0.29) is 18.0 Å². The SMILES string of the molecule is CCNC(=NCc1ncccc1C)NCC(=O)NC(C)(C)C. The molecule has 6 heteroatoms. The van der Waals surface area contributed by atoms with Crippen LogP contribution in [0, 0.1) is 6.92 Å². The second-order valence-corrected chi connectivity index (χ2v) is 6.11. The number of hydrogen-bond acceptors (Lipinski definition) is 3. The van der Waals surface area contributed by atoms with Crippen LogP contribution in [0.2, 0.25) is 0 Å². The van der Waals surface area contributed by atoms with Gasteiger partial charge in [-0.15, -0.1) is 0 Å². The molecule has 0 fully saturated rings. The Morgan fingerprint density at radius 1 is 1.32 bits per heavy atom. The number of pyridine rings is 1. The van der Waals surface area contributed by atoms with Gasteiger partial charge >= 0.3 is 0 Å². The summed E-state index contributed by atoms with van der Waals surface area (Å²) < 4.78 is 0. The average molecular weight is 305 g/mol. The van der Waals surface area contributed by atoms with Crippen molar-refractivity contribution in [3.63, 3.8) is 0 Å². The molecule has 1 rings (SSSR count). The first-order valence-corrected chi connectivity index (χ1v) is 7.55. The molecule has 0 atom stereocenters. The number of nitrogens with one attached hydrogen (secondary N) is 3. The van der Waals surface area contributed by atoms with E-state index >= 15 is 0 Å². The molecule has 1 aromatic heterocycles. The van der Waals surface area contributed by atoms with Gasteiger partial charge in [-0.25, -0.2) is 4.99 Å². The van der Waals surface area contributed by atoms with E-state index in [4.69, 9.17) is 0 Å². The number of aryl methyl sites for hydroxylation is 1. The average Bonchev–Trinajstić information content (AvgIpc) is 2.41. The molecule has 1 heterocycles. The first kappa shape index (κ1) is 17.9. The Morgan fingerprint density at radius 2 is 2.05 bits per heavy atom. The first-order valence-electron chi connectivity index (χ1n) is 7.55. The van der Waals surface area contributed by atoms with Crippen LogP contribution in [-0.4, -0.2) is 35.5 Å². The molecule has 122 valence electrons. The van der Waals surface area contributed by atoms with Crippen molar-refractivity contribution < 1.29 is 4.79 Å². The number of guanidine groups is 1. The Labute approximate surface area is 132 Å². The molecule has 0 radical (unpaired) electrons. The highest BCUT2D eigenvalue weighted by Gasteiger charge is 2.13. The van der Waals surface area contributed by atoms with Crippen LogP contribution in [-0.2, 0) is 11.3 Å². The zero-order valence-corrected chi connectivity index (χ0v) is 14.2. The fraction of sp³-hybridized carbons (Fsp3) is 0.562. The lowest BCUT2D eigenvalue weighted by Gasteiger charge is -2.21. The van der Waals surface area contributed by atoms with Crippen molar-refractivity contribution in [1.82, 2.24) is 20.9 Å². The number of carbonyl (C=O) groups is 1. The first-order chi connectivity index (χ1) is 10.3. The third-order valence-electron chi connectivity index (χ3n) is 2.78. The lowest BCUT2D eigenvalue weighted by molar-refractivity contribution is -0.121. The molecule has 0 aromatic carbocycles. The topological polar surface area (TPSA) is 78.4 Å². The van der Waals surface area contributed by atoms with Crippen LogP contribution in [0.1, 0.15) is 39.0 Å². The van der Waals surface area contributed by atoms with Gasteiger partial charge < -0.3 is 16.0 Å². The number of amides is 1. The van der Waals surface area contributed by atoms with Crippen LogP contribution >= 0.6 is 0 Å². The number of nitrogens with zero attached hydrogens (tertiary/aromatic N) is 2. The van der Waals surface area contributed by atoms with Crippen molar-refractivity contribution in [1.29, 1.82) is 0 Å². The zero-order valence-electron chi connectivity index (χ0n) is 14.2. The molecule has 22 heavy (non-hydrogen) atoms. The minimum atomic E-state index is -0.237. The van der Waals surface area contributed by atoms with Gasteiger partial charge in [0.25, 0.3) is 0 Å². The van der Waals surface area contributed by atoms with Crippen molar-refractivity contribution in [2.75, 3.05) is 13.1 Å². The summed E-state index contributed by atoms with van der Waals surface area (Å²) in [6.45, 7) is 11.2. The maximum Gasteiger partial charge on any atom is 0.239 e. The summed E-state index contributed by atoms with van der Waals surface area (Å²) in [5.41, 5.74) is 1.80. The lowest BCUT2D eigenvalue weighted by atomic mass is 10.1. The number of aromatic nitrogens is 1. The second-order valence-electron chi connectivity index (χ2n) is 6.11. The predicted octanol–water partition coefficient (Wildman–Crippen LogP) is 1.36. The number of carbonyl (C=O) groups excluding carboxylic acids is 1. The van der Waals surface area contributed by atoms with Gasteiger partial charge in [-0.3, -0.25) is 9.78 Å². The number of aliphatic imine (C=N–C) groups is 1. The van der Waals surface area contributed by atoms with Crippen LogP contribution in [0.15, 0.2) is 23.3 Å². The summed E-state index contributed by atoms with van der Waals surface area (Å²) in [4.78, 5) is 20.6. The fourth-order valence-corrected chi connectivity index (χ4v) is 1.81. The van der Waals surface area contributed by atoms with E-state index in [1.807, 2.05) is 46.8 Å². The van der Waals surface area contributed by atoms with E-state index in [0.717, 1.165) is 17.8 Å². The van der Waals surface area contributed by atoms with Crippen LogP contribution in [0.25, 0.3) is 0 Å². The van der Waals surface area contributed by atoms with Gasteiger partial charge in [-0.1, -0.05) is 6.07 Å². The van der Waals surface area contributed by atoms with Crippen molar-refractivity contribution >= 4 is 11.9 Å². The minimum absolute atomic E-state index is 0.0629. The van der Waals surface area contributed by atoms with Gasteiger partial charge in [0, 0.05) is 18.3 Å². The molecule has 0 spiro atoms. The summed E-state index contributed by atoms with van der Waals surface area (Å²) in [5.74, 6) is 0.545. The molecule has 0 aliphatic rings. The van der Waals surface area contributed by atoms with E-state index in [1.54, 1.807) is 6.20 Å². The predicted molar refractivity (Wildman–Crippen MR) is 89.7 cm³/mol. The quantitative estimate of drug-likeness (QED) is 0.567. The standard InChI is InChI=1S/C16H27N5O/c1-6-17-15(20-11-14(22)21-16(3,4)5)19-10-13-12(2)8-7-9-18-13/h7-9H,6,10-11H2,1-5H3,(H,21,22)(H2,17,19,20). The van der Waals surface area contributed by atoms with Crippen molar-refractivity contribution in [3.8, 4) is 0 Å². The monoisotopic (exact) mass is 305 g/mol. The van der Waals surface area contributed by atoms with Crippen molar-refractivity contribution in [2.24, 2.45) is 4.99 Å².